The maximum absolute atomic E-state index is 11.3. The third kappa shape index (κ3) is 2.09. The summed E-state index contributed by atoms with van der Waals surface area (Å²) in [7, 11) is 1.68. The summed E-state index contributed by atoms with van der Waals surface area (Å²) in [6, 6.07) is -1.15. The summed E-state index contributed by atoms with van der Waals surface area (Å²) in [5.41, 5.74) is 5.29. The van der Waals surface area contributed by atoms with E-state index in [1.165, 1.54) is 9.80 Å². The molecule has 1 saturated heterocycles. The smallest absolute Gasteiger partial charge is 0.322 e. The Morgan fingerprint density at radius 1 is 1.69 bits per heavy atom. The van der Waals surface area contributed by atoms with Crippen molar-refractivity contribution in [2.75, 3.05) is 26.7 Å². The maximum Gasteiger partial charge on any atom is 0.322 e. The Bertz CT molecular complexity index is 231. The summed E-state index contributed by atoms with van der Waals surface area (Å²) in [4.78, 5) is 24.6. The number of amides is 2. The van der Waals surface area contributed by atoms with Crippen molar-refractivity contribution < 1.29 is 14.7 Å². The lowest BCUT2D eigenvalue weighted by molar-refractivity contribution is -0.138. The van der Waals surface area contributed by atoms with Gasteiger partial charge in [0.1, 0.15) is 6.04 Å². The Morgan fingerprint density at radius 2 is 2.31 bits per heavy atom. The van der Waals surface area contributed by atoms with Crippen molar-refractivity contribution in [3.8, 4) is 0 Å². The van der Waals surface area contributed by atoms with Gasteiger partial charge in [0, 0.05) is 26.7 Å². The Hall–Kier alpha value is -1.30. The van der Waals surface area contributed by atoms with Gasteiger partial charge in [0.2, 0.25) is 0 Å². The molecule has 2 amide bonds. The van der Waals surface area contributed by atoms with E-state index in [1.54, 1.807) is 7.05 Å². The van der Waals surface area contributed by atoms with Gasteiger partial charge in [0.25, 0.3) is 0 Å². The predicted molar refractivity (Wildman–Crippen MR) is 45.2 cm³/mol. The van der Waals surface area contributed by atoms with Crippen molar-refractivity contribution >= 4 is 12.0 Å². The quantitative estimate of drug-likeness (QED) is 0.579. The number of hydrogen-bond donors (Lipinski definition) is 2. The van der Waals surface area contributed by atoms with Crippen LogP contribution in [0.2, 0.25) is 0 Å². The number of aliphatic carboxylic acids is 1. The van der Waals surface area contributed by atoms with Gasteiger partial charge in [-0.25, -0.2) is 4.79 Å². The van der Waals surface area contributed by atoms with Gasteiger partial charge in [-0.1, -0.05) is 0 Å². The van der Waals surface area contributed by atoms with Gasteiger partial charge in [-0.15, -0.1) is 0 Å². The first-order chi connectivity index (χ1) is 6.02. The van der Waals surface area contributed by atoms with Gasteiger partial charge in [0.05, 0.1) is 0 Å². The molecule has 0 spiro atoms. The lowest BCUT2D eigenvalue weighted by Gasteiger charge is -2.17. The molecule has 1 atom stereocenters. The number of hydrogen-bond acceptors (Lipinski definition) is 3. The fraction of sp³-hybridized carbons (Fsp3) is 0.714. The zero-order chi connectivity index (χ0) is 10.0. The highest BCUT2D eigenvalue weighted by molar-refractivity contribution is 5.78. The van der Waals surface area contributed by atoms with Crippen LogP contribution < -0.4 is 5.73 Å². The third-order valence-electron chi connectivity index (χ3n) is 2.04. The number of urea groups is 1. The van der Waals surface area contributed by atoms with Crippen LogP contribution in [0.5, 0.6) is 0 Å². The van der Waals surface area contributed by atoms with Crippen LogP contribution in [0.4, 0.5) is 4.79 Å². The summed E-state index contributed by atoms with van der Waals surface area (Å²) in [5, 5.41) is 8.52. The first-order valence-electron chi connectivity index (χ1n) is 4.01. The van der Waals surface area contributed by atoms with E-state index in [1.807, 2.05) is 0 Å². The fourth-order valence-electron chi connectivity index (χ4n) is 1.19. The number of nitrogens with zero attached hydrogens (tertiary/aromatic N) is 2. The molecule has 0 aromatic rings. The second-order valence-corrected chi connectivity index (χ2v) is 3.09. The normalized spacial score (nSPS) is 19.4. The largest absolute Gasteiger partial charge is 0.480 e. The minimum Gasteiger partial charge on any atom is -0.480 e. The number of carboxylic acids is 1. The van der Waals surface area contributed by atoms with Gasteiger partial charge in [0.15, 0.2) is 0 Å². The second-order valence-electron chi connectivity index (χ2n) is 3.09. The minimum atomic E-state index is -1.08. The van der Waals surface area contributed by atoms with Crippen LogP contribution in [-0.4, -0.2) is 59.6 Å². The van der Waals surface area contributed by atoms with E-state index in [0.29, 0.717) is 13.1 Å². The highest BCUT2D eigenvalue weighted by Crippen LogP contribution is 2.05. The van der Waals surface area contributed by atoms with Crippen molar-refractivity contribution in [2.45, 2.75) is 6.04 Å². The molecule has 1 unspecified atom stereocenters. The molecule has 0 aliphatic carbocycles. The van der Waals surface area contributed by atoms with Crippen LogP contribution >= 0.6 is 0 Å². The molecule has 1 fully saturated rings. The summed E-state index contributed by atoms with van der Waals surface area (Å²) < 4.78 is 0. The van der Waals surface area contributed by atoms with Crippen molar-refractivity contribution in [2.24, 2.45) is 5.73 Å². The van der Waals surface area contributed by atoms with E-state index in [9.17, 15) is 9.59 Å². The molecule has 1 heterocycles. The molecule has 3 N–H and O–H groups in total. The van der Waals surface area contributed by atoms with Gasteiger partial charge < -0.3 is 20.6 Å². The maximum atomic E-state index is 11.3. The number of nitrogens with two attached hydrogens (primary N) is 1. The van der Waals surface area contributed by atoms with E-state index < -0.39 is 12.0 Å². The average molecular weight is 187 g/mol. The first-order valence-corrected chi connectivity index (χ1v) is 4.01. The van der Waals surface area contributed by atoms with Crippen LogP contribution in [-0.2, 0) is 4.79 Å². The van der Waals surface area contributed by atoms with Gasteiger partial charge in [-0.3, -0.25) is 4.79 Å². The topological polar surface area (TPSA) is 86.9 Å². The molecule has 1 aliphatic heterocycles. The number of carbonyl (C=O) groups excluding carboxylic acids is 1. The van der Waals surface area contributed by atoms with Gasteiger partial charge >= 0.3 is 12.0 Å². The Balaban J connectivity index is 2.47. The van der Waals surface area contributed by atoms with Crippen molar-refractivity contribution in [3.05, 3.63) is 0 Å². The molecular formula is C7H13N3O3. The summed E-state index contributed by atoms with van der Waals surface area (Å²) >= 11 is 0. The van der Waals surface area contributed by atoms with E-state index in [2.05, 4.69) is 0 Å². The summed E-state index contributed by atoms with van der Waals surface area (Å²) in [6.45, 7) is 1.26. The molecular weight excluding hydrogens is 174 g/mol. The number of rotatable bonds is 3. The third-order valence-corrected chi connectivity index (χ3v) is 2.04. The van der Waals surface area contributed by atoms with Crippen LogP contribution in [0.15, 0.2) is 0 Å². The molecule has 0 radical (unpaired) electrons. The predicted octanol–water partition coefficient (Wildman–Crippen LogP) is -1.23. The summed E-state index contributed by atoms with van der Waals surface area (Å²) in [5.74, 6) is -1.08. The fourth-order valence-corrected chi connectivity index (χ4v) is 1.19. The lowest BCUT2D eigenvalue weighted by atomic mass is 10.3. The molecule has 0 aromatic heterocycles. The Morgan fingerprint density at radius 3 is 2.69 bits per heavy atom. The molecule has 1 aliphatic rings. The highest BCUT2D eigenvalue weighted by atomic mass is 16.4. The number of likely N-dealkylation sites (N-methyl/N-ethyl adjacent to an activating group) is 1. The first kappa shape index (κ1) is 9.79. The van der Waals surface area contributed by atoms with Crippen LogP contribution in [0.25, 0.3) is 0 Å². The Labute approximate surface area is 75.9 Å². The second kappa shape index (κ2) is 3.61. The van der Waals surface area contributed by atoms with Crippen molar-refractivity contribution in [3.63, 3.8) is 0 Å². The van der Waals surface area contributed by atoms with Gasteiger partial charge in [-0.05, 0) is 0 Å². The SMILES string of the molecule is CN1CCN(CC(N)C(=O)O)C1=O. The lowest BCUT2D eigenvalue weighted by Crippen LogP contribution is -2.44. The standard InChI is InChI=1S/C7H13N3O3/c1-9-2-3-10(7(9)13)4-5(8)6(11)12/h5H,2-4,8H2,1H3,(H,11,12). The van der Waals surface area contributed by atoms with E-state index in [4.69, 9.17) is 10.8 Å². The van der Waals surface area contributed by atoms with Gasteiger partial charge in [-0.2, -0.15) is 0 Å². The zero-order valence-electron chi connectivity index (χ0n) is 7.43. The van der Waals surface area contributed by atoms with Crippen LogP contribution in [0.1, 0.15) is 0 Å². The number of carbonyl (C=O) groups is 2. The monoisotopic (exact) mass is 187 g/mol. The highest BCUT2D eigenvalue weighted by Gasteiger charge is 2.28. The van der Waals surface area contributed by atoms with Crippen molar-refractivity contribution in [1.29, 1.82) is 0 Å². The molecule has 0 saturated carbocycles. The minimum absolute atomic E-state index is 0.0819. The van der Waals surface area contributed by atoms with Crippen LogP contribution in [0, 0.1) is 0 Å². The number of carboxylic acid groups (broad SMARTS) is 1. The molecule has 1 rings (SSSR count). The van der Waals surface area contributed by atoms with Crippen molar-refractivity contribution in [1.82, 2.24) is 9.80 Å². The molecule has 6 nitrogen and oxygen atoms in total. The van der Waals surface area contributed by atoms with E-state index in [0.717, 1.165) is 0 Å². The zero-order valence-corrected chi connectivity index (χ0v) is 7.43. The van der Waals surface area contributed by atoms with Crippen LogP contribution in [0.3, 0.4) is 0 Å². The van der Waals surface area contributed by atoms with E-state index >= 15 is 0 Å². The molecule has 6 heteroatoms. The summed E-state index contributed by atoms with van der Waals surface area (Å²) in [6.07, 6.45) is 0. The molecule has 0 bridgehead atoms. The van der Waals surface area contributed by atoms with E-state index in [-0.39, 0.29) is 12.6 Å². The average Bonchev–Trinajstić information content (AvgIpc) is 2.36. The molecule has 13 heavy (non-hydrogen) atoms. The molecule has 0 aromatic carbocycles. The molecule has 74 valence electrons. The Kier molecular flexibility index (Phi) is 2.72.